The molecule has 2 aromatic heterocycles. The van der Waals surface area contributed by atoms with Crippen molar-refractivity contribution in [3.05, 3.63) is 70.8 Å². The smallest absolute Gasteiger partial charge is 0.407 e. The highest BCUT2D eigenvalue weighted by Gasteiger charge is 2.40. The minimum absolute atomic E-state index is 0.280. The van der Waals surface area contributed by atoms with E-state index in [0.717, 1.165) is 24.0 Å². The van der Waals surface area contributed by atoms with Crippen LogP contribution in [-0.2, 0) is 23.8 Å². The number of carbonyl (C=O) groups is 4. The zero-order valence-corrected chi connectivity index (χ0v) is 30.3. The molecule has 2 fully saturated rings. The average molecular weight is 729 g/mol. The molecule has 3 aromatic rings. The molecule has 0 unspecified atom stereocenters. The van der Waals surface area contributed by atoms with Gasteiger partial charge in [0.05, 0.1) is 31.4 Å². The molecule has 2 aliphatic rings. The molecule has 2 saturated heterocycles. The molecule has 16 nitrogen and oxygen atoms in total. The number of amides is 4. The normalized spacial score (nSPS) is 18.8. The van der Waals surface area contributed by atoms with Crippen LogP contribution >= 0.6 is 0 Å². The Balaban J connectivity index is 1.21. The first kappa shape index (κ1) is 38.4. The Bertz CT molecular complexity index is 1900. The van der Waals surface area contributed by atoms with Gasteiger partial charge in [0, 0.05) is 50.8 Å². The van der Waals surface area contributed by atoms with Gasteiger partial charge in [-0.15, -0.1) is 0 Å². The summed E-state index contributed by atoms with van der Waals surface area (Å²) in [5, 5.41) is 14.1. The van der Waals surface area contributed by atoms with Gasteiger partial charge < -0.3 is 49.7 Å². The first-order valence-corrected chi connectivity index (χ1v) is 17.3. The number of imidazole rings is 2. The van der Waals surface area contributed by atoms with Crippen molar-refractivity contribution in [1.82, 2.24) is 40.4 Å². The third kappa shape index (κ3) is 9.34. The second kappa shape index (κ2) is 17.6. The van der Waals surface area contributed by atoms with Crippen LogP contribution in [0.3, 0.4) is 0 Å². The van der Waals surface area contributed by atoms with Crippen LogP contribution in [0.25, 0.3) is 0 Å². The number of carbonyl (C=O) groups excluding carboxylic acids is 3. The lowest BCUT2D eigenvalue weighted by molar-refractivity contribution is -0.138. The number of hydrogen-bond donors (Lipinski definition) is 5. The first-order valence-electron chi connectivity index (χ1n) is 17.3. The lowest BCUT2D eigenvalue weighted by atomic mass is 10.1. The number of carboxylic acid groups (broad SMARTS) is 1. The molecule has 0 radical (unpaired) electrons. The molecule has 4 heterocycles. The van der Waals surface area contributed by atoms with Crippen LogP contribution < -0.4 is 10.6 Å². The molecular weight excluding hydrogens is 684 g/mol. The Hall–Kier alpha value is -5.84. The second-order valence-corrected chi connectivity index (χ2v) is 12.7. The summed E-state index contributed by atoms with van der Waals surface area (Å²) in [7, 11) is 4.15. The number of rotatable bonds is 10. The van der Waals surface area contributed by atoms with Gasteiger partial charge in [0.15, 0.2) is 0 Å². The van der Waals surface area contributed by atoms with E-state index in [9.17, 15) is 24.3 Å². The van der Waals surface area contributed by atoms with Crippen molar-refractivity contribution < 1.29 is 38.5 Å². The van der Waals surface area contributed by atoms with Gasteiger partial charge in [-0.05, 0) is 75.6 Å². The molecule has 2 aliphatic heterocycles. The number of H-pyrrole nitrogens is 2. The molecule has 5 N–H and O–H groups in total. The van der Waals surface area contributed by atoms with E-state index in [1.54, 1.807) is 36.0 Å². The van der Waals surface area contributed by atoms with E-state index >= 15 is 0 Å². The van der Waals surface area contributed by atoms with Crippen LogP contribution in [0.1, 0.15) is 85.8 Å². The second-order valence-electron chi connectivity index (χ2n) is 12.7. The van der Waals surface area contributed by atoms with E-state index in [4.69, 9.17) is 14.2 Å². The SMILES string of the molecule is COC(=O)N[C@H](C(=O)N1CCC[C@H]1c1nc(C#Cc2ccc(C#Cc3c[nH]c([C@@H]4CCCN4C(=O)[C@@H](NC(=O)O)[C@@H](C)OC)n3)cc2)c[nH]1)[C@@H](C)OC. The molecule has 0 saturated carbocycles. The van der Waals surface area contributed by atoms with Crippen LogP contribution in [-0.4, -0.2) is 118 Å². The predicted octanol–water partition coefficient (Wildman–Crippen LogP) is 2.69. The van der Waals surface area contributed by atoms with Gasteiger partial charge in [0.2, 0.25) is 11.8 Å². The van der Waals surface area contributed by atoms with Crippen LogP contribution in [0.2, 0.25) is 0 Å². The maximum absolute atomic E-state index is 13.5. The zero-order valence-electron chi connectivity index (χ0n) is 30.3. The Labute approximate surface area is 307 Å². The highest BCUT2D eigenvalue weighted by atomic mass is 16.5. The minimum atomic E-state index is -1.30. The zero-order chi connectivity index (χ0) is 38.1. The molecule has 0 aliphatic carbocycles. The third-order valence-electron chi connectivity index (χ3n) is 9.41. The average Bonchev–Trinajstić information content (AvgIpc) is 4.00. The molecule has 280 valence electrons. The van der Waals surface area contributed by atoms with E-state index in [2.05, 4.69) is 54.3 Å². The van der Waals surface area contributed by atoms with E-state index < -0.39 is 36.5 Å². The van der Waals surface area contributed by atoms with Crippen LogP contribution in [0.5, 0.6) is 0 Å². The van der Waals surface area contributed by atoms with Gasteiger partial charge in [0.25, 0.3) is 0 Å². The van der Waals surface area contributed by atoms with Crippen molar-refractivity contribution >= 4 is 24.0 Å². The number of methoxy groups -OCH3 is 3. The standard InChI is InChI=1S/C37H44N8O8/c1-22(51-3)30(42-36(48)49)34(46)44-18-6-8-28(44)32-38-20-26(40-32)16-14-24-10-12-25(13-11-24)15-17-27-21-39-33(41-27)29-9-7-19-45(29)35(47)31(23(2)52-4)43-37(50)53-5/h10-13,20-23,28-31,42H,6-9,18-19H2,1-5H3,(H,38,40)(H,39,41)(H,43,50)(H,48,49)/t22-,23-,28+,29+,30+,31+/m1/s1. The van der Waals surface area contributed by atoms with Gasteiger partial charge in [0.1, 0.15) is 35.1 Å². The highest BCUT2D eigenvalue weighted by Crippen LogP contribution is 2.32. The fraction of sp³-hybridized carbons (Fsp3) is 0.459. The highest BCUT2D eigenvalue weighted by molar-refractivity contribution is 5.87. The summed E-state index contributed by atoms with van der Waals surface area (Å²) in [4.78, 5) is 68.9. The van der Waals surface area contributed by atoms with E-state index in [0.29, 0.717) is 49.0 Å². The molecule has 53 heavy (non-hydrogen) atoms. The van der Waals surface area contributed by atoms with E-state index in [1.165, 1.54) is 21.3 Å². The van der Waals surface area contributed by atoms with Gasteiger partial charge in [-0.2, -0.15) is 0 Å². The quantitative estimate of drug-likeness (QED) is 0.193. The number of benzene rings is 1. The number of hydrogen-bond acceptors (Lipinski definition) is 9. The summed E-state index contributed by atoms with van der Waals surface area (Å²) >= 11 is 0. The topological polar surface area (TPSA) is 204 Å². The van der Waals surface area contributed by atoms with E-state index in [-0.39, 0.29) is 23.9 Å². The summed E-state index contributed by atoms with van der Waals surface area (Å²) in [6, 6.07) is 4.82. The number of nitrogens with one attached hydrogen (secondary N) is 4. The molecule has 5 rings (SSSR count). The van der Waals surface area contributed by atoms with Crippen molar-refractivity contribution in [1.29, 1.82) is 0 Å². The Morgan fingerprint density at radius 3 is 1.58 bits per heavy atom. The maximum Gasteiger partial charge on any atom is 0.407 e. The van der Waals surface area contributed by atoms with Crippen LogP contribution in [0, 0.1) is 23.7 Å². The van der Waals surface area contributed by atoms with Crippen LogP contribution in [0.4, 0.5) is 9.59 Å². The van der Waals surface area contributed by atoms with Gasteiger partial charge in [-0.3, -0.25) is 9.59 Å². The molecule has 6 atom stereocenters. The lowest BCUT2D eigenvalue weighted by Crippen LogP contribution is -2.54. The third-order valence-corrected chi connectivity index (χ3v) is 9.41. The van der Waals surface area contributed by atoms with Crippen molar-refractivity contribution in [2.45, 2.75) is 75.9 Å². The van der Waals surface area contributed by atoms with Gasteiger partial charge >= 0.3 is 12.2 Å². The number of alkyl carbamates (subject to hydrolysis) is 1. The van der Waals surface area contributed by atoms with Crippen molar-refractivity contribution in [3.8, 4) is 23.7 Å². The minimum Gasteiger partial charge on any atom is -0.465 e. The monoisotopic (exact) mass is 728 g/mol. The fourth-order valence-electron chi connectivity index (χ4n) is 6.39. The summed E-state index contributed by atoms with van der Waals surface area (Å²) in [6.07, 6.45) is 3.08. The van der Waals surface area contributed by atoms with Crippen LogP contribution in [0.15, 0.2) is 36.7 Å². The first-order chi connectivity index (χ1) is 25.5. The fourth-order valence-corrected chi connectivity index (χ4v) is 6.39. The molecule has 4 amide bonds. The maximum atomic E-state index is 13.5. The van der Waals surface area contributed by atoms with Crippen molar-refractivity contribution in [2.75, 3.05) is 34.4 Å². The molecule has 0 bridgehead atoms. The molecule has 16 heteroatoms. The predicted molar refractivity (Wildman–Crippen MR) is 190 cm³/mol. The number of aromatic nitrogens is 4. The summed E-state index contributed by atoms with van der Waals surface area (Å²) in [5.41, 5.74) is 2.55. The van der Waals surface area contributed by atoms with Gasteiger partial charge in [-0.25, -0.2) is 19.6 Å². The van der Waals surface area contributed by atoms with Gasteiger partial charge in [-0.1, -0.05) is 11.8 Å². The summed E-state index contributed by atoms with van der Waals surface area (Å²) < 4.78 is 15.3. The number of nitrogens with zero attached hydrogens (tertiary/aromatic N) is 4. The Kier molecular flexibility index (Phi) is 12.7. The van der Waals surface area contributed by atoms with E-state index in [1.807, 2.05) is 24.3 Å². The number of ether oxygens (including phenoxy) is 3. The summed E-state index contributed by atoms with van der Waals surface area (Å²) in [6.45, 7) is 4.34. The lowest BCUT2D eigenvalue weighted by Gasteiger charge is -2.30. The van der Waals surface area contributed by atoms with Crippen molar-refractivity contribution in [2.24, 2.45) is 0 Å². The largest absolute Gasteiger partial charge is 0.465 e. The molecule has 0 spiro atoms. The molecular formula is C37H44N8O8. The van der Waals surface area contributed by atoms with Crippen molar-refractivity contribution in [3.63, 3.8) is 0 Å². The Morgan fingerprint density at radius 1 is 0.755 bits per heavy atom. The Morgan fingerprint density at radius 2 is 1.19 bits per heavy atom. The molecule has 1 aromatic carbocycles. The number of aromatic amines is 2. The number of likely N-dealkylation sites (tertiary alicyclic amines) is 2. The summed E-state index contributed by atoms with van der Waals surface area (Å²) in [5.74, 6) is 12.9.